The lowest BCUT2D eigenvalue weighted by Crippen LogP contribution is -2.11. The molecular formula is C14H17NO2S. The van der Waals surface area contributed by atoms with Gasteiger partial charge in [0.1, 0.15) is 0 Å². The van der Waals surface area contributed by atoms with Crippen molar-refractivity contribution in [3.63, 3.8) is 0 Å². The van der Waals surface area contributed by atoms with Crippen molar-refractivity contribution in [2.75, 3.05) is 11.0 Å². The van der Waals surface area contributed by atoms with Crippen LogP contribution >= 0.6 is 0 Å². The summed E-state index contributed by atoms with van der Waals surface area (Å²) in [5, 5.41) is 0. The minimum atomic E-state index is -3.26. The Balaban J connectivity index is 2.53. The Morgan fingerprint density at radius 3 is 2.39 bits per heavy atom. The molecule has 3 nitrogen and oxygen atoms in total. The third kappa shape index (κ3) is 2.64. The molecule has 1 aliphatic rings. The summed E-state index contributed by atoms with van der Waals surface area (Å²) in [6.45, 7) is 4.14. The normalized spacial score (nSPS) is 15.8. The van der Waals surface area contributed by atoms with E-state index >= 15 is 0 Å². The van der Waals surface area contributed by atoms with Crippen LogP contribution in [0.25, 0.3) is 5.57 Å². The Bertz CT molecular complexity index is 640. The molecule has 0 fully saturated rings. The van der Waals surface area contributed by atoms with Crippen molar-refractivity contribution in [1.82, 2.24) is 0 Å². The van der Waals surface area contributed by atoms with E-state index in [2.05, 4.69) is 24.6 Å². The molecule has 0 aliphatic heterocycles. The number of hydrogen-bond acceptors (Lipinski definition) is 2. The van der Waals surface area contributed by atoms with E-state index in [9.17, 15) is 8.42 Å². The number of para-hydroxylation sites is 1. The molecule has 0 aromatic heterocycles. The van der Waals surface area contributed by atoms with Crippen LogP contribution in [0.3, 0.4) is 0 Å². The van der Waals surface area contributed by atoms with E-state index in [0.29, 0.717) is 5.69 Å². The summed E-state index contributed by atoms with van der Waals surface area (Å²) in [6, 6.07) is 7.51. The van der Waals surface area contributed by atoms with Gasteiger partial charge in [0.05, 0.1) is 11.9 Å². The summed E-state index contributed by atoms with van der Waals surface area (Å²) >= 11 is 0. The molecule has 0 bridgehead atoms. The second kappa shape index (κ2) is 4.61. The quantitative estimate of drug-likeness (QED) is 0.910. The maximum Gasteiger partial charge on any atom is 0.229 e. The van der Waals surface area contributed by atoms with Gasteiger partial charge in [-0.1, -0.05) is 29.8 Å². The zero-order valence-electron chi connectivity index (χ0n) is 10.8. The fraction of sp³-hybridized carbons (Fsp3) is 0.286. The van der Waals surface area contributed by atoms with Crippen molar-refractivity contribution in [3.05, 3.63) is 47.1 Å². The molecule has 1 aromatic carbocycles. The molecule has 0 unspecified atom stereocenters. The van der Waals surface area contributed by atoms with Gasteiger partial charge in [0, 0.05) is 5.56 Å². The van der Waals surface area contributed by atoms with Crippen LogP contribution in [0.1, 0.15) is 25.8 Å². The van der Waals surface area contributed by atoms with Gasteiger partial charge < -0.3 is 0 Å². The molecule has 96 valence electrons. The zero-order chi connectivity index (χ0) is 13.3. The lowest BCUT2D eigenvalue weighted by molar-refractivity contribution is 0.607. The summed E-state index contributed by atoms with van der Waals surface area (Å²) in [5.41, 5.74) is 5.22. The van der Waals surface area contributed by atoms with Gasteiger partial charge in [-0.2, -0.15) is 0 Å². The zero-order valence-corrected chi connectivity index (χ0v) is 11.6. The average molecular weight is 263 g/mol. The van der Waals surface area contributed by atoms with Crippen molar-refractivity contribution in [3.8, 4) is 0 Å². The molecule has 18 heavy (non-hydrogen) atoms. The topological polar surface area (TPSA) is 46.2 Å². The lowest BCUT2D eigenvalue weighted by atomic mass is 9.97. The van der Waals surface area contributed by atoms with Crippen molar-refractivity contribution in [2.24, 2.45) is 0 Å². The van der Waals surface area contributed by atoms with Gasteiger partial charge in [0.25, 0.3) is 0 Å². The molecule has 1 N–H and O–H groups in total. The number of hydrogen-bond donors (Lipinski definition) is 1. The number of allylic oxidation sites excluding steroid dienone is 4. The van der Waals surface area contributed by atoms with E-state index in [1.54, 1.807) is 6.07 Å². The minimum Gasteiger partial charge on any atom is -0.283 e. The van der Waals surface area contributed by atoms with Crippen LogP contribution in [0.4, 0.5) is 5.69 Å². The van der Waals surface area contributed by atoms with E-state index in [0.717, 1.165) is 17.6 Å². The number of rotatable bonds is 3. The van der Waals surface area contributed by atoms with Gasteiger partial charge in [0.2, 0.25) is 10.0 Å². The number of nitrogens with one attached hydrogen (secondary N) is 1. The third-order valence-electron chi connectivity index (χ3n) is 3.03. The summed E-state index contributed by atoms with van der Waals surface area (Å²) < 4.78 is 25.4. The monoisotopic (exact) mass is 263 g/mol. The maximum absolute atomic E-state index is 11.4. The number of sulfonamides is 1. The fourth-order valence-corrected chi connectivity index (χ4v) is 2.86. The number of benzene rings is 1. The first-order valence-corrected chi connectivity index (χ1v) is 7.71. The van der Waals surface area contributed by atoms with Crippen LogP contribution in [0.2, 0.25) is 0 Å². The van der Waals surface area contributed by atoms with Gasteiger partial charge in [-0.05, 0) is 37.5 Å². The SMILES string of the molecule is CC1=CCC(C)=C1c1ccccc1NS(C)(=O)=O. The molecule has 0 saturated heterocycles. The molecule has 1 aliphatic carbocycles. The molecule has 2 rings (SSSR count). The van der Waals surface area contributed by atoms with Crippen molar-refractivity contribution < 1.29 is 8.42 Å². The average Bonchev–Trinajstić information content (AvgIpc) is 2.58. The Labute approximate surface area is 108 Å². The van der Waals surface area contributed by atoms with Gasteiger partial charge in [-0.25, -0.2) is 8.42 Å². The predicted octanol–water partition coefficient (Wildman–Crippen LogP) is 3.18. The van der Waals surface area contributed by atoms with Crippen molar-refractivity contribution in [1.29, 1.82) is 0 Å². The first kappa shape index (κ1) is 12.9. The Kier molecular flexibility index (Phi) is 3.30. The smallest absolute Gasteiger partial charge is 0.229 e. The van der Waals surface area contributed by atoms with Crippen molar-refractivity contribution in [2.45, 2.75) is 20.3 Å². The molecule has 4 heteroatoms. The van der Waals surface area contributed by atoms with E-state index in [1.165, 1.54) is 17.4 Å². The molecule has 0 amide bonds. The Morgan fingerprint density at radius 2 is 1.83 bits per heavy atom. The molecule has 0 heterocycles. The van der Waals surface area contributed by atoms with E-state index < -0.39 is 10.0 Å². The summed E-state index contributed by atoms with van der Waals surface area (Å²) in [5.74, 6) is 0. The second-order valence-corrected chi connectivity index (χ2v) is 6.41. The van der Waals surface area contributed by atoms with Crippen molar-refractivity contribution >= 4 is 21.3 Å². The Hall–Kier alpha value is -1.55. The highest BCUT2D eigenvalue weighted by Gasteiger charge is 2.17. The highest BCUT2D eigenvalue weighted by Crippen LogP contribution is 2.37. The summed E-state index contributed by atoms with van der Waals surface area (Å²) in [4.78, 5) is 0. The third-order valence-corrected chi connectivity index (χ3v) is 3.62. The van der Waals surface area contributed by atoms with Crippen LogP contribution in [-0.2, 0) is 10.0 Å². The minimum absolute atomic E-state index is 0.643. The molecular weight excluding hydrogens is 246 g/mol. The highest BCUT2D eigenvalue weighted by atomic mass is 32.2. The van der Waals surface area contributed by atoms with E-state index in [4.69, 9.17) is 0 Å². The van der Waals surface area contributed by atoms with Gasteiger partial charge in [0.15, 0.2) is 0 Å². The molecule has 0 saturated carbocycles. The van der Waals surface area contributed by atoms with E-state index in [-0.39, 0.29) is 0 Å². The summed E-state index contributed by atoms with van der Waals surface area (Å²) in [7, 11) is -3.26. The first-order valence-electron chi connectivity index (χ1n) is 5.82. The predicted molar refractivity (Wildman–Crippen MR) is 75.9 cm³/mol. The number of anilines is 1. The second-order valence-electron chi connectivity index (χ2n) is 4.67. The van der Waals surface area contributed by atoms with Crippen LogP contribution in [0, 0.1) is 0 Å². The van der Waals surface area contributed by atoms with Crippen LogP contribution in [0.5, 0.6) is 0 Å². The maximum atomic E-state index is 11.4. The standard InChI is InChI=1S/C14H17NO2S/c1-10-8-9-11(2)14(10)12-6-4-5-7-13(12)15-18(3,16)17/h4-8,15H,9H2,1-3H3. The highest BCUT2D eigenvalue weighted by molar-refractivity contribution is 7.92. The largest absolute Gasteiger partial charge is 0.283 e. The molecule has 0 atom stereocenters. The van der Waals surface area contributed by atoms with Crippen LogP contribution in [0.15, 0.2) is 41.5 Å². The van der Waals surface area contributed by atoms with Gasteiger partial charge in [-0.15, -0.1) is 0 Å². The van der Waals surface area contributed by atoms with Crippen LogP contribution in [-0.4, -0.2) is 14.7 Å². The molecule has 0 spiro atoms. The Morgan fingerprint density at radius 1 is 1.17 bits per heavy atom. The van der Waals surface area contributed by atoms with Gasteiger partial charge in [-0.3, -0.25) is 4.72 Å². The van der Waals surface area contributed by atoms with Crippen LogP contribution < -0.4 is 4.72 Å². The lowest BCUT2D eigenvalue weighted by Gasteiger charge is -2.14. The molecule has 1 aromatic rings. The van der Waals surface area contributed by atoms with Gasteiger partial charge >= 0.3 is 0 Å². The molecule has 0 radical (unpaired) electrons. The first-order chi connectivity index (χ1) is 8.38. The summed E-state index contributed by atoms with van der Waals surface area (Å²) in [6.07, 6.45) is 4.28. The van der Waals surface area contributed by atoms with E-state index in [1.807, 2.05) is 18.2 Å². The fourth-order valence-electron chi connectivity index (χ4n) is 2.28.